The average Bonchev–Trinajstić information content (AvgIpc) is 2.74. The van der Waals surface area contributed by atoms with Crippen molar-refractivity contribution in [1.29, 1.82) is 0 Å². The molecule has 0 bridgehead atoms. The van der Waals surface area contributed by atoms with Crippen molar-refractivity contribution in [2.24, 2.45) is 11.8 Å². The van der Waals surface area contributed by atoms with E-state index in [0.717, 1.165) is 11.8 Å². The molecule has 2 rings (SSSR count). The average molecular weight is 266 g/mol. The van der Waals surface area contributed by atoms with E-state index in [2.05, 4.69) is 40.1 Å². The second kappa shape index (κ2) is 5.97. The van der Waals surface area contributed by atoms with Crippen molar-refractivity contribution in [2.45, 2.75) is 33.1 Å². The molecule has 0 radical (unpaired) electrons. The lowest BCUT2D eigenvalue weighted by molar-refractivity contribution is -0.922. The summed E-state index contributed by atoms with van der Waals surface area (Å²) in [5.41, 5.74) is 0. The van der Waals surface area contributed by atoms with Gasteiger partial charge in [0.15, 0.2) is 0 Å². The molecule has 1 fully saturated rings. The molecule has 0 amide bonds. The third-order valence-electron chi connectivity index (χ3n) is 5.98. The summed E-state index contributed by atoms with van der Waals surface area (Å²) in [4.78, 5) is 0. The minimum absolute atomic E-state index is 0.980. The van der Waals surface area contributed by atoms with Gasteiger partial charge in [-0.3, -0.25) is 0 Å². The van der Waals surface area contributed by atoms with E-state index < -0.39 is 0 Å². The highest BCUT2D eigenvalue weighted by atomic mass is 15.4. The van der Waals surface area contributed by atoms with Gasteiger partial charge < -0.3 is 8.97 Å². The van der Waals surface area contributed by atoms with Crippen molar-refractivity contribution in [1.82, 2.24) is 0 Å². The Hall–Kier alpha value is -0.340. The van der Waals surface area contributed by atoms with E-state index in [-0.39, 0.29) is 0 Å². The van der Waals surface area contributed by atoms with Gasteiger partial charge in [-0.15, -0.1) is 0 Å². The zero-order chi connectivity index (χ0) is 13.9. The van der Waals surface area contributed by atoms with Crippen LogP contribution in [0.25, 0.3) is 0 Å². The molecule has 1 aliphatic heterocycles. The van der Waals surface area contributed by atoms with Gasteiger partial charge in [-0.2, -0.15) is 0 Å². The normalized spacial score (nSPS) is 34.5. The van der Waals surface area contributed by atoms with Crippen LogP contribution in [0, 0.1) is 11.8 Å². The lowest BCUT2D eigenvalue weighted by atomic mass is 9.86. The maximum absolute atomic E-state index is 2.50. The molecule has 1 unspecified atom stereocenters. The number of hydrogen-bond donors (Lipinski definition) is 0. The molecule has 0 saturated carbocycles. The number of nitrogens with zero attached hydrogens (tertiary/aromatic N) is 2. The molecular formula is C17H34N2+2. The molecule has 1 heterocycles. The lowest BCUT2D eigenvalue weighted by Crippen LogP contribution is -2.48. The van der Waals surface area contributed by atoms with Crippen LogP contribution in [-0.4, -0.2) is 62.3 Å². The molecule has 0 aromatic rings. The summed E-state index contributed by atoms with van der Waals surface area (Å²) >= 11 is 0. The van der Waals surface area contributed by atoms with Crippen LogP contribution in [0.1, 0.15) is 33.1 Å². The molecule has 2 aliphatic rings. The Kier molecular flexibility index (Phi) is 4.73. The molecule has 110 valence electrons. The fraction of sp³-hybridized carbons (Fsp3) is 0.882. The molecule has 2 nitrogen and oxygen atoms in total. The predicted octanol–water partition coefficient (Wildman–Crippen LogP) is 2.91. The van der Waals surface area contributed by atoms with Crippen molar-refractivity contribution in [2.75, 3.05) is 53.4 Å². The Morgan fingerprint density at radius 1 is 1.05 bits per heavy atom. The first-order valence-electron chi connectivity index (χ1n) is 8.32. The van der Waals surface area contributed by atoms with Gasteiger partial charge in [0, 0.05) is 18.3 Å². The molecule has 0 aromatic heterocycles. The molecule has 0 spiro atoms. The monoisotopic (exact) mass is 266 g/mol. The minimum atomic E-state index is 0.980. The van der Waals surface area contributed by atoms with Crippen LogP contribution < -0.4 is 0 Å². The minimum Gasteiger partial charge on any atom is -0.326 e. The van der Waals surface area contributed by atoms with E-state index in [4.69, 9.17) is 0 Å². The fourth-order valence-corrected chi connectivity index (χ4v) is 4.14. The Bertz CT molecular complexity index is 301. The van der Waals surface area contributed by atoms with Crippen LogP contribution in [0.4, 0.5) is 0 Å². The van der Waals surface area contributed by atoms with Crippen LogP contribution in [0.3, 0.4) is 0 Å². The Balaban J connectivity index is 1.80. The Labute approximate surface area is 120 Å². The maximum atomic E-state index is 2.50. The number of rotatable bonds is 6. The largest absolute Gasteiger partial charge is 0.326 e. The van der Waals surface area contributed by atoms with Crippen LogP contribution in [-0.2, 0) is 0 Å². The second-order valence-electron chi connectivity index (χ2n) is 7.50. The molecular weight excluding hydrogens is 232 g/mol. The van der Waals surface area contributed by atoms with Crippen LogP contribution in [0.2, 0.25) is 0 Å². The molecule has 1 aliphatic carbocycles. The summed E-state index contributed by atoms with van der Waals surface area (Å²) in [6.45, 7) is 12.8. The number of allylic oxidation sites excluding steroid dienone is 2. The van der Waals surface area contributed by atoms with Crippen LogP contribution in [0.15, 0.2) is 12.2 Å². The van der Waals surface area contributed by atoms with Crippen LogP contribution in [0.5, 0.6) is 0 Å². The summed E-state index contributed by atoms with van der Waals surface area (Å²) < 4.78 is 2.58. The zero-order valence-corrected chi connectivity index (χ0v) is 13.6. The Morgan fingerprint density at radius 2 is 1.58 bits per heavy atom. The SMILES string of the molecule is CC[N+](C)(CC)CCC[N+]1(C)C[C@H]2CC=CC[C@H]2C1. The van der Waals surface area contributed by atoms with Gasteiger partial charge >= 0.3 is 0 Å². The highest BCUT2D eigenvalue weighted by molar-refractivity contribution is 4.96. The van der Waals surface area contributed by atoms with E-state index in [1.54, 1.807) is 0 Å². The second-order valence-corrected chi connectivity index (χ2v) is 7.50. The van der Waals surface area contributed by atoms with E-state index in [1.807, 2.05) is 0 Å². The number of likely N-dealkylation sites (tertiary alicyclic amines) is 1. The summed E-state index contributed by atoms with van der Waals surface area (Å²) in [7, 11) is 4.91. The van der Waals surface area contributed by atoms with Crippen molar-refractivity contribution in [3.63, 3.8) is 0 Å². The highest BCUT2D eigenvalue weighted by Gasteiger charge is 2.42. The molecule has 19 heavy (non-hydrogen) atoms. The molecule has 0 N–H and O–H groups in total. The maximum Gasteiger partial charge on any atom is 0.0839 e. The number of hydrogen-bond acceptors (Lipinski definition) is 0. The molecule has 1 saturated heterocycles. The molecule has 2 heteroatoms. The Morgan fingerprint density at radius 3 is 2.05 bits per heavy atom. The summed E-state index contributed by atoms with van der Waals surface area (Å²) in [5.74, 6) is 1.96. The first-order valence-corrected chi connectivity index (χ1v) is 8.32. The standard InChI is InChI=1S/C17H34N2/c1-5-18(3,6-2)12-9-13-19(4)14-16-10-7-8-11-17(16)15-19/h7-8,16-17H,5-6,9-15H2,1-4H3/q+2/t16-,17+,19?. The van der Waals surface area contributed by atoms with Crippen molar-refractivity contribution < 1.29 is 8.97 Å². The van der Waals surface area contributed by atoms with Crippen molar-refractivity contribution in [3.05, 3.63) is 12.2 Å². The van der Waals surface area contributed by atoms with Gasteiger partial charge in [-0.1, -0.05) is 12.2 Å². The molecule has 3 atom stereocenters. The number of fused-ring (bicyclic) bond motifs is 1. The quantitative estimate of drug-likeness (QED) is 0.512. The van der Waals surface area contributed by atoms with E-state index in [1.165, 1.54) is 67.5 Å². The van der Waals surface area contributed by atoms with Gasteiger partial charge in [0.05, 0.1) is 53.4 Å². The third kappa shape index (κ3) is 3.61. The first-order chi connectivity index (χ1) is 9.00. The molecule has 0 aromatic carbocycles. The summed E-state index contributed by atoms with van der Waals surface area (Å²) in [6, 6.07) is 0. The summed E-state index contributed by atoms with van der Waals surface area (Å²) in [5, 5.41) is 0. The first kappa shape index (κ1) is 15.1. The number of quaternary nitrogens is 2. The van der Waals surface area contributed by atoms with Crippen molar-refractivity contribution in [3.8, 4) is 0 Å². The van der Waals surface area contributed by atoms with Gasteiger partial charge in [-0.25, -0.2) is 0 Å². The van der Waals surface area contributed by atoms with E-state index in [9.17, 15) is 0 Å². The smallest absolute Gasteiger partial charge is 0.0839 e. The van der Waals surface area contributed by atoms with E-state index in [0.29, 0.717) is 0 Å². The lowest BCUT2D eigenvalue weighted by Gasteiger charge is -2.35. The van der Waals surface area contributed by atoms with Gasteiger partial charge in [0.1, 0.15) is 0 Å². The predicted molar refractivity (Wildman–Crippen MR) is 82.9 cm³/mol. The summed E-state index contributed by atoms with van der Waals surface area (Å²) in [6.07, 6.45) is 8.91. The van der Waals surface area contributed by atoms with Crippen LogP contribution >= 0.6 is 0 Å². The third-order valence-corrected chi connectivity index (χ3v) is 5.98. The topological polar surface area (TPSA) is 0 Å². The fourth-order valence-electron chi connectivity index (χ4n) is 4.14. The highest BCUT2D eigenvalue weighted by Crippen LogP contribution is 2.36. The zero-order valence-electron chi connectivity index (χ0n) is 13.6. The van der Waals surface area contributed by atoms with Gasteiger partial charge in [-0.05, 0) is 26.7 Å². The van der Waals surface area contributed by atoms with E-state index >= 15 is 0 Å². The van der Waals surface area contributed by atoms with Crippen molar-refractivity contribution >= 4 is 0 Å². The van der Waals surface area contributed by atoms with Gasteiger partial charge in [0.25, 0.3) is 0 Å². The van der Waals surface area contributed by atoms with Gasteiger partial charge in [0.2, 0.25) is 0 Å².